The molecule has 0 atom stereocenters. The first-order valence-corrected chi connectivity index (χ1v) is 7.07. The number of pyridine rings is 1. The lowest BCUT2D eigenvalue weighted by Crippen LogP contribution is -2.06. The number of hydrogen-bond donors (Lipinski definition) is 1. The molecule has 0 bridgehead atoms. The predicted molar refractivity (Wildman–Crippen MR) is 82.6 cm³/mol. The Hall–Kier alpha value is -2.21. The van der Waals surface area contributed by atoms with Crippen LogP contribution in [0, 0.1) is 10.1 Å². The minimum Gasteiger partial charge on any atom is -0.384 e. The van der Waals surface area contributed by atoms with Crippen molar-refractivity contribution < 1.29 is 9.66 Å². The van der Waals surface area contributed by atoms with Crippen LogP contribution in [-0.2, 0) is 4.74 Å². The molecule has 1 N–H and O–H groups in total. The van der Waals surface area contributed by atoms with Crippen LogP contribution in [0.2, 0.25) is 0 Å². The lowest BCUT2D eigenvalue weighted by molar-refractivity contribution is -0.383. The van der Waals surface area contributed by atoms with E-state index in [9.17, 15) is 10.1 Å². The number of para-hydroxylation sites is 1. The van der Waals surface area contributed by atoms with Gasteiger partial charge in [-0.25, -0.2) is 4.98 Å². The molecule has 0 radical (unpaired) electrons. The molecule has 0 unspecified atom stereocenters. The Bertz CT molecular complexity index is 616. The van der Waals surface area contributed by atoms with Crippen LogP contribution >= 0.6 is 0 Å². The molecule has 6 nitrogen and oxygen atoms in total. The molecule has 2 rings (SSSR count). The molecule has 0 saturated carbocycles. The second kappa shape index (κ2) is 7.54. The maximum atomic E-state index is 11.0. The minimum absolute atomic E-state index is 0.0300. The first-order valence-electron chi connectivity index (χ1n) is 7.07. The van der Waals surface area contributed by atoms with Gasteiger partial charge in [0.25, 0.3) is 5.69 Å². The molecule has 0 aliphatic heterocycles. The molecule has 0 amide bonds. The number of non-ortho nitro benzene ring substituents is 1. The summed E-state index contributed by atoms with van der Waals surface area (Å²) in [6, 6.07) is 6.82. The van der Waals surface area contributed by atoms with Crippen molar-refractivity contribution in [2.75, 3.05) is 25.1 Å². The fourth-order valence-corrected chi connectivity index (χ4v) is 2.11. The maximum Gasteiger partial charge on any atom is 0.295 e. The molecule has 1 aromatic heterocycles. The second-order valence-electron chi connectivity index (χ2n) is 4.68. The summed E-state index contributed by atoms with van der Waals surface area (Å²) in [5, 5.41) is 15.1. The number of benzene rings is 1. The van der Waals surface area contributed by atoms with E-state index in [0.717, 1.165) is 37.1 Å². The van der Waals surface area contributed by atoms with Gasteiger partial charge in [-0.3, -0.25) is 10.1 Å². The van der Waals surface area contributed by atoms with Gasteiger partial charge in [-0.2, -0.15) is 0 Å². The van der Waals surface area contributed by atoms with Crippen LogP contribution in [0.15, 0.2) is 30.5 Å². The smallest absolute Gasteiger partial charge is 0.295 e. The molecule has 0 saturated heterocycles. The summed E-state index contributed by atoms with van der Waals surface area (Å²) in [7, 11) is 0. The zero-order valence-electron chi connectivity index (χ0n) is 12.0. The number of aromatic nitrogens is 1. The van der Waals surface area contributed by atoms with Gasteiger partial charge in [0.2, 0.25) is 0 Å². The van der Waals surface area contributed by atoms with Gasteiger partial charge in [0, 0.05) is 43.1 Å². The standard InChI is InChI=1S/C15H19N3O3/c1-2-10-21-11-4-8-16-13-7-9-17-15-12(13)5-3-6-14(15)18(19)20/h3,5-7,9H,2,4,8,10-11H2,1H3,(H,16,17). The van der Waals surface area contributed by atoms with E-state index in [1.165, 1.54) is 6.07 Å². The van der Waals surface area contributed by atoms with Crippen molar-refractivity contribution in [1.29, 1.82) is 0 Å². The van der Waals surface area contributed by atoms with Crippen molar-refractivity contribution in [3.63, 3.8) is 0 Å². The third kappa shape index (κ3) is 3.88. The number of anilines is 1. The average Bonchev–Trinajstić information content (AvgIpc) is 2.50. The summed E-state index contributed by atoms with van der Waals surface area (Å²) < 4.78 is 5.42. The Kier molecular flexibility index (Phi) is 5.45. The number of fused-ring (bicyclic) bond motifs is 1. The Balaban J connectivity index is 2.07. The number of nitro benzene ring substituents is 1. The molecular weight excluding hydrogens is 270 g/mol. The van der Waals surface area contributed by atoms with E-state index in [1.807, 2.05) is 12.1 Å². The summed E-state index contributed by atoms with van der Waals surface area (Å²) in [5.41, 5.74) is 1.30. The van der Waals surface area contributed by atoms with Crippen LogP contribution in [0.4, 0.5) is 11.4 Å². The van der Waals surface area contributed by atoms with E-state index >= 15 is 0 Å². The normalized spacial score (nSPS) is 10.7. The predicted octanol–water partition coefficient (Wildman–Crippen LogP) is 3.37. The lowest BCUT2D eigenvalue weighted by atomic mass is 10.1. The Morgan fingerprint density at radius 1 is 1.33 bits per heavy atom. The average molecular weight is 289 g/mol. The molecule has 112 valence electrons. The van der Waals surface area contributed by atoms with Gasteiger partial charge in [0.1, 0.15) is 5.52 Å². The zero-order chi connectivity index (χ0) is 15.1. The summed E-state index contributed by atoms with van der Waals surface area (Å²) in [6.45, 7) is 4.33. The van der Waals surface area contributed by atoms with Gasteiger partial charge in [-0.15, -0.1) is 0 Å². The van der Waals surface area contributed by atoms with E-state index in [2.05, 4.69) is 17.2 Å². The SMILES string of the molecule is CCCOCCCNc1ccnc2c([N+](=O)[O-])cccc12. The van der Waals surface area contributed by atoms with Gasteiger partial charge in [-0.05, 0) is 18.9 Å². The molecule has 0 fully saturated rings. The minimum atomic E-state index is -0.405. The van der Waals surface area contributed by atoms with Gasteiger partial charge < -0.3 is 10.1 Å². The monoisotopic (exact) mass is 289 g/mol. The number of hydrogen-bond acceptors (Lipinski definition) is 5. The quantitative estimate of drug-likeness (QED) is 0.458. The van der Waals surface area contributed by atoms with Crippen LogP contribution in [-0.4, -0.2) is 29.7 Å². The number of nitrogens with zero attached hydrogens (tertiary/aromatic N) is 2. The molecule has 21 heavy (non-hydrogen) atoms. The first-order chi connectivity index (χ1) is 10.2. The van der Waals surface area contributed by atoms with Crippen molar-refractivity contribution in [1.82, 2.24) is 4.98 Å². The molecule has 1 heterocycles. The van der Waals surface area contributed by atoms with Crippen LogP contribution < -0.4 is 5.32 Å². The number of nitrogens with one attached hydrogen (secondary N) is 1. The molecule has 1 aromatic carbocycles. The van der Waals surface area contributed by atoms with E-state index < -0.39 is 4.92 Å². The van der Waals surface area contributed by atoms with Gasteiger partial charge in [0.05, 0.1) is 4.92 Å². The fraction of sp³-hybridized carbons (Fsp3) is 0.400. The van der Waals surface area contributed by atoms with Crippen molar-refractivity contribution in [3.8, 4) is 0 Å². The Morgan fingerprint density at radius 2 is 2.19 bits per heavy atom. The molecule has 0 spiro atoms. The van der Waals surface area contributed by atoms with Crippen LogP contribution in [0.25, 0.3) is 10.9 Å². The van der Waals surface area contributed by atoms with Crippen LogP contribution in [0.3, 0.4) is 0 Å². The van der Waals surface area contributed by atoms with E-state index in [4.69, 9.17) is 4.74 Å². The highest BCUT2D eigenvalue weighted by Crippen LogP contribution is 2.28. The highest BCUT2D eigenvalue weighted by molar-refractivity contribution is 5.96. The Morgan fingerprint density at radius 3 is 2.95 bits per heavy atom. The largest absolute Gasteiger partial charge is 0.384 e. The lowest BCUT2D eigenvalue weighted by Gasteiger charge is -2.09. The Labute approximate surface area is 123 Å². The fourth-order valence-electron chi connectivity index (χ4n) is 2.11. The van der Waals surface area contributed by atoms with Gasteiger partial charge >= 0.3 is 0 Å². The van der Waals surface area contributed by atoms with Crippen LogP contribution in [0.5, 0.6) is 0 Å². The van der Waals surface area contributed by atoms with E-state index in [0.29, 0.717) is 12.1 Å². The van der Waals surface area contributed by atoms with Gasteiger partial charge in [-0.1, -0.05) is 19.1 Å². The summed E-state index contributed by atoms with van der Waals surface area (Å²) >= 11 is 0. The van der Waals surface area contributed by atoms with Crippen molar-refractivity contribution in [3.05, 3.63) is 40.6 Å². The number of rotatable bonds is 8. The zero-order valence-corrected chi connectivity index (χ0v) is 12.0. The van der Waals surface area contributed by atoms with Crippen molar-refractivity contribution in [2.24, 2.45) is 0 Å². The molecule has 0 aliphatic carbocycles. The van der Waals surface area contributed by atoms with Gasteiger partial charge in [0.15, 0.2) is 0 Å². The molecule has 6 heteroatoms. The molecule has 0 aliphatic rings. The summed E-state index contributed by atoms with van der Waals surface area (Å²) in [4.78, 5) is 14.7. The molecule has 2 aromatic rings. The summed E-state index contributed by atoms with van der Waals surface area (Å²) in [6.07, 6.45) is 3.50. The van der Waals surface area contributed by atoms with Crippen molar-refractivity contribution >= 4 is 22.3 Å². The first kappa shape index (κ1) is 15.2. The van der Waals surface area contributed by atoms with Crippen molar-refractivity contribution in [2.45, 2.75) is 19.8 Å². The third-order valence-corrected chi connectivity index (χ3v) is 3.08. The summed E-state index contributed by atoms with van der Waals surface area (Å²) in [5.74, 6) is 0. The third-order valence-electron chi connectivity index (χ3n) is 3.08. The highest BCUT2D eigenvalue weighted by atomic mass is 16.6. The molecular formula is C15H19N3O3. The number of nitro groups is 1. The van der Waals surface area contributed by atoms with E-state index in [1.54, 1.807) is 12.3 Å². The van der Waals surface area contributed by atoms with E-state index in [-0.39, 0.29) is 5.69 Å². The topological polar surface area (TPSA) is 77.3 Å². The second-order valence-corrected chi connectivity index (χ2v) is 4.68. The van der Waals surface area contributed by atoms with Crippen LogP contribution in [0.1, 0.15) is 19.8 Å². The number of ether oxygens (including phenoxy) is 1. The highest BCUT2D eigenvalue weighted by Gasteiger charge is 2.13. The maximum absolute atomic E-state index is 11.0.